The van der Waals surface area contributed by atoms with Gasteiger partial charge in [-0.1, -0.05) is 19.1 Å². The molecule has 0 spiro atoms. The van der Waals surface area contributed by atoms with Gasteiger partial charge in [0.25, 0.3) is 0 Å². The maximum atomic E-state index is 13.8. The van der Waals surface area contributed by atoms with Crippen LogP contribution in [0.25, 0.3) is 0 Å². The Hall–Kier alpha value is -1.59. The summed E-state index contributed by atoms with van der Waals surface area (Å²) in [5, 5.41) is 0. The van der Waals surface area contributed by atoms with Gasteiger partial charge in [-0.05, 0) is 74.5 Å². The minimum absolute atomic E-state index is 0.0219. The Bertz CT molecular complexity index is 563. The van der Waals surface area contributed by atoms with Gasteiger partial charge >= 0.3 is 6.36 Å². The Balaban J connectivity index is 1.96. The number of allylic oxidation sites excluding steroid dienone is 2. The van der Waals surface area contributed by atoms with E-state index in [1.165, 1.54) is 0 Å². The Morgan fingerprint density at radius 2 is 1.64 bits per heavy atom. The van der Waals surface area contributed by atoms with Crippen LogP contribution < -0.4 is 4.74 Å². The lowest BCUT2D eigenvalue weighted by Gasteiger charge is -2.29. The molecule has 0 radical (unpaired) electrons. The molecule has 0 aromatic heterocycles. The first-order valence-corrected chi connectivity index (χ1v) is 8.69. The maximum absolute atomic E-state index is 13.8. The van der Waals surface area contributed by atoms with Crippen LogP contribution in [0.3, 0.4) is 0 Å². The number of hydrogen-bond acceptors (Lipinski definition) is 1. The van der Waals surface area contributed by atoms with Crippen molar-refractivity contribution in [2.24, 2.45) is 5.92 Å². The Kier molecular flexibility index (Phi) is 6.85. The molecule has 0 amide bonds. The molecule has 0 atom stereocenters. The summed E-state index contributed by atoms with van der Waals surface area (Å²) in [6, 6.07) is 1.94. The molecule has 0 N–H and O–H groups in total. The van der Waals surface area contributed by atoms with E-state index in [1.807, 2.05) is 0 Å². The van der Waals surface area contributed by atoms with E-state index in [2.05, 4.69) is 23.8 Å². The van der Waals surface area contributed by atoms with E-state index in [0.717, 1.165) is 57.1 Å². The largest absolute Gasteiger partial charge is 0.573 e. The Labute approximate surface area is 144 Å². The minimum atomic E-state index is -5.12. The Morgan fingerprint density at radius 1 is 1.04 bits per heavy atom. The van der Waals surface area contributed by atoms with E-state index in [-0.39, 0.29) is 5.92 Å². The molecule has 1 nitrogen and oxygen atoms in total. The second-order valence-corrected chi connectivity index (χ2v) is 6.54. The van der Waals surface area contributed by atoms with Gasteiger partial charge in [-0.15, -0.1) is 13.2 Å². The summed E-state index contributed by atoms with van der Waals surface area (Å²) in [6.07, 6.45) is 5.88. The molecular weight excluding hydrogens is 339 g/mol. The van der Waals surface area contributed by atoms with E-state index >= 15 is 0 Å². The van der Waals surface area contributed by atoms with Crippen molar-refractivity contribution in [1.82, 2.24) is 0 Å². The van der Waals surface area contributed by atoms with Gasteiger partial charge in [-0.2, -0.15) is 0 Å². The highest BCUT2D eigenvalue weighted by Gasteiger charge is 2.34. The zero-order valence-corrected chi connectivity index (χ0v) is 14.2. The molecule has 0 heterocycles. The molecule has 1 aromatic rings. The molecule has 1 saturated carbocycles. The van der Waals surface area contributed by atoms with Crippen molar-refractivity contribution >= 4 is 0 Å². The monoisotopic (exact) mass is 362 g/mol. The number of rotatable bonds is 6. The van der Waals surface area contributed by atoms with Crippen LogP contribution in [-0.2, 0) is 0 Å². The van der Waals surface area contributed by atoms with Crippen molar-refractivity contribution in [3.63, 3.8) is 0 Å². The topological polar surface area (TPSA) is 9.23 Å². The van der Waals surface area contributed by atoms with E-state index in [1.54, 1.807) is 0 Å². The van der Waals surface area contributed by atoms with Crippen LogP contribution in [0.5, 0.6) is 5.75 Å². The maximum Gasteiger partial charge on any atom is 0.573 e. The average molecular weight is 362 g/mol. The molecule has 6 heteroatoms. The fourth-order valence-electron chi connectivity index (χ4n) is 3.43. The number of benzene rings is 1. The first-order chi connectivity index (χ1) is 11.8. The van der Waals surface area contributed by atoms with Crippen LogP contribution in [0.4, 0.5) is 22.0 Å². The second kappa shape index (κ2) is 8.68. The highest BCUT2D eigenvalue weighted by atomic mass is 19.4. The lowest BCUT2D eigenvalue weighted by Crippen LogP contribution is -2.19. The normalized spacial score (nSPS) is 21.7. The predicted octanol–water partition coefficient (Wildman–Crippen LogP) is 6.88. The van der Waals surface area contributed by atoms with Gasteiger partial charge in [-0.25, -0.2) is 8.78 Å². The lowest BCUT2D eigenvalue weighted by atomic mass is 9.77. The molecular formula is C19H23F5O. The SMILES string of the molecule is CC/C=C/CC[C@H]1CC[C@H](c2cc(F)c(OC(F)(F)F)c(F)c2)CC1. The summed E-state index contributed by atoms with van der Waals surface area (Å²) < 4.78 is 67.7. The van der Waals surface area contributed by atoms with Gasteiger partial charge in [0.15, 0.2) is 11.6 Å². The molecule has 0 aliphatic heterocycles. The van der Waals surface area contributed by atoms with Crippen LogP contribution in [0.1, 0.15) is 63.4 Å². The van der Waals surface area contributed by atoms with E-state index in [4.69, 9.17) is 0 Å². The smallest absolute Gasteiger partial charge is 0.399 e. The van der Waals surface area contributed by atoms with Crippen molar-refractivity contribution in [1.29, 1.82) is 0 Å². The molecule has 1 aliphatic carbocycles. The van der Waals surface area contributed by atoms with Gasteiger partial charge in [0, 0.05) is 0 Å². The molecule has 0 saturated heterocycles. The average Bonchev–Trinajstić information content (AvgIpc) is 2.54. The van der Waals surface area contributed by atoms with Crippen LogP contribution in [0.15, 0.2) is 24.3 Å². The number of hydrogen-bond donors (Lipinski definition) is 0. The zero-order valence-electron chi connectivity index (χ0n) is 14.2. The van der Waals surface area contributed by atoms with Crippen molar-refractivity contribution in [3.8, 4) is 5.75 Å². The predicted molar refractivity (Wildman–Crippen MR) is 86.4 cm³/mol. The molecule has 1 aliphatic rings. The van der Waals surface area contributed by atoms with Gasteiger partial charge in [-0.3, -0.25) is 0 Å². The third-order valence-electron chi connectivity index (χ3n) is 4.70. The molecule has 140 valence electrons. The van der Waals surface area contributed by atoms with Gasteiger partial charge in [0.1, 0.15) is 0 Å². The van der Waals surface area contributed by atoms with Gasteiger partial charge in [0.2, 0.25) is 5.75 Å². The summed E-state index contributed by atoms with van der Waals surface area (Å²) >= 11 is 0. The zero-order chi connectivity index (χ0) is 18.4. The number of halogens is 5. The van der Waals surface area contributed by atoms with Crippen LogP contribution in [0.2, 0.25) is 0 Å². The van der Waals surface area contributed by atoms with Gasteiger partial charge < -0.3 is 4.74 Å². The van der Waals surface area contributed by atoms with Crippen molar-refractivity contribution in [3.05, 3.63) is 41.5 Å². The standard InChI is InChI=1S/C19H23F5O/c1-2-3-4-5-6-13-7-9-14(10-8-13)15-11-16(20)18(17(21)12-15)25-19(22,23)24/h3-4,11-14H,2,5-10H2,1H3/b4-3+/t13-,14-. The second-order valence-electron chi connectivity index (χ2n) is 6.54. The number of ether oxygens (including phenoxy) is 1. The number of alkyl halides is 3. The summed E-state index contributed by atoms with van der Waals surface area (Å²) in [5.41, 5.74) is 0.411. The van der Waals surface area contributed by atoms with Crippen LogP contribution >= 0.6 is 0 Å². The molecule has 25 heavy (non-hydrogen) atoms. The van der Waals surface area contributed by atoms with Crippen molar-refractivity contribution in [2.45, 2.75) is 64.1 Å². The highest BCUT2D eigenvalue weighted by Crippen LogP contribution is 2.39. The molecule has 2 rings (SSSR count). The highest BCUT2D eigenvalue weighted by molar-refractivity contribution is 5.33. The fraction of sp³-hybridized carbons (Fsp3) is 0.579. The van der Waals surface area contributed by atoms with Crippen molar-refractivity contribution in [2.75, 3.05) is 0 Å². The molecule has 1 fully saturated rings. The molecule has 1 aromatic carbocycles. The van der Waals surface area contributed by atoms with Crippen LogP contribution in [0, 0.1) is 17.6 Å². The first kappa shape index (κ1) is 19.7. The van der Waals surface area contributed by atoms with E-state index in [9.17, 15) is 22.0 Å². The molecule has 0 bridgehead atoms. The van der Waals surface area contributed by atoms with E-state index in [0.29, 0.717) is 11.5 Å². The first-order valence-electron chi connectivity index (χ1n) is 8.69. The quantitative estimate of drug-likeness (QED) is 0.396. The van der Waals surface area contributed by atoms with E-state index < -0.39 is 23.7 Å². The summed E-state index contributed by atoms with van der Waals surface area (Å²) in [5.74, 6) is -3.42. The summed E-state index contributed by atoms with van der Waals surface area (Å²) in [7, 11) is 0. The Morgan fingerprint density at radius 3 is 2.16 bits per heavy atom. The third kappa shape index (κ3) is 6.01. The van der Waals surface area contributed by atoms with Gasteiger partial charge in [0.05, 0.1) is 0 Å². The fourth-order valence-corrected chi connectivity index (χ4v) is 3.43. The summed E-state index contributed by atoms with van der Waals surface area (Å²) in [4.78, 5) is 0. The lowest BCUT2D eigenvalue weighted by molar-refractivity contribution is -0.276. The van der Waals surface area contributed by atoms with Crippen molar-refractivity contribution < 1.29 is 26.7 Å². The minimum Gasteiger partial charge on any atom is -0.399 e. The third-order valence-corrected chi connectivity index (χ3v) is 4.70. The summed E-state index contributed by atoms with van der Waals surface area (Å²) in [6.45, 7) is 2.09. The molecule has 0 unspecified atom stereocenters. The van der Waals surface area contributed by atoms with Crippen LogP contribution in [-0.4, -0.2) is 6.36 Å².